The average molecular weight is 113 g/mol. The minimum Gasteiger partial charge on any atom is -0.302 e. The molecule has 0 aliphatic carbocycles. The molecule has 1 unspecified atom stereocenters. The standard InChI is InChI=1S/C6H13N2/c1-8-4-2-3-6(8)5-7/h6-7H,2-5H2,1H3. The zero-order valence-electron chi connectivity index (χ0n) is 5.35. The second-order valence-corrected chi connectivity index (χ2v) is 2.48. The van der Waals surface area contributed by atoms with E-state index in [0.717, 1.165) is 0 Å². The smallest absolute Gasteiger partial charge is 0.0256 e. The van der Waals surface area contributed by atoms with Crippen molar-refractivity contribution in [2.24, 2.45) is 0 Å². The summed E-state index contributed by atoms with van der Waals surface area (Å²) in [5.41, 5.74) is 7.09. The van der Waals surface area contributed by atoms with E-state index in [0.29, 0.717) is 12.6 Å². The highest BCUT2D eigenvalue weighted by Crippen LogP contribution is 2.12. The first-order valence-corrected chi connectivity index (χ1v) is 3.19. The lowest BCUT2D eigenvalue weighted by Crippen LogP contribution is -2.28. The van der Waals surface area contributed by atoms with Crippen molar-refractivity contribution in [3.8, 4) is 0 Å². The second-order valence-electron chi connectivity index (χ2n) is 2.48. The van der Waals surface area contributed by atoms with Crippen LogP contribution >= 0.6 is 0 Å². The molecule has 1 atom stereocenters. The van der Waals surface area contributed by atoms with Gasteiger partial charge in [0.2, 0.25) is 0 Å². The lowest BCUT2D eigenvalue weighted by atomic mass is 10.2. The van der Waals surface area contributed by atoms with Crippen molar-refractivity contribution in [1.82, 2.24) is 10.6 Å². The molecule has 1 radical (unpaired) electrons. The maximum Gasteiger partial charge on any atom is 0.0256 e. The molecule has 2 heteroatoms. The van der Waals surface area contributed by atoms with Crippen molar-refractivity contribution < 1.29 is 0 Å². The van der Waals surface area contributed by atoms with E-state index in [2.05, 4.69) is 11.9 Å². The van der Waals surface area contributed by atoms with Gasteiger partial charge in [0.15, 0.2) is 0 Å². The second kappa shape index (κ2) is 2.46. The van der Waals surface area contributed by atoms with E-state index >= 15 is 0 Å². The molecule has 1 aliphatic rings. The molecule has 8 heavy (non-hydrogen) atoms. The molecule has 0 bridgehead atoms. The minimum absolute atomic E-state index is 0.565. The molecule has 0 saturated carbocycles. The molecule has 1 aliphatic heterocycles. The van der Waals surface area contributed by atoms with Crippen LogP contribution in [0.5, 0.6) is 0 Å². The Labute approximate surface area is 50.7 Å². The summed E-state index contributed by atoms with van der Waals surface area (Å²) in [6.45, 7) is 1.78. The maximum atomic E-state index is 7.09. The third kappa shape index (κ3) is 1.01. The first-order chi connectivity index (χ1) is 3.84. The summed E-state index contributed by atoms with van der Waals surface area (Å²) in [5.74, 6) is 0. The Morgan fingerprint density at radius 3 is 2.75 bits per heavy atom. The van der Waals surface area contributed by atoms with E-state index in [1.165, 1.54) is 19.4 Å². The molecule has 1 fully saturated rings. The monoisotopic (exact) mass is 113 g/mol. The molecule has 0 aromatic rings. The first kappa shape index (κ1) is 6.05. The number of rotatable bonds is 1. The number of nitrogens with one attached hydrogen (secondary N) is 1. The molecule has 1 N–H and O–H groups in total. The molecule has 1 saturated heterocycles. The summed E-state index contributed by atoms with van der Waals surface area (Å²) in [6, 6.07) is 0.565. The molecular weight excluding hydrogens is 100 g/mol. The van der Waals surface area contributed by atoms with E-state index in [-0.39, 0.29) is 0 Å². The Balaban J connectivity index is 2.30. The van der Waals surface area contributed by atoms with Gasteiger partial charge in [0.05, 0.1) is 0 Å². The van der Waals surface area contributed by atoms with Crippen LogP contribution in [0.2, 0.25) is 0 Å². The minimum atomic E-state index is 0.565. The Hall–Kier alpha value is -0.0800. The maximum absolute atomic E-state index is 7.09. The summed E-state index contributed by atoms with van der Waals surface area (Å²) in [7, 11) is 2.10. The van der Waals surface area contributed by atoms with Crippen LogP contribution in [0.3, 0.4) is 0 Å². The predicted octanol–water partition coefficient (Wildman–Crippen LogP) is 0.363. The molecule has 47 valence electrons. The summed E-state index contributed by atoms with van der Waals surface area (Å²) >= 11 is 0. The van der Waals surface area contributed by atoms with E-state index < -0.39 is 0 Å². The molecular formula is C6H13N2. The van der Waals surface area contributed by atoms with Gasteiger partial charge in [-0.15, -0.1) is 0 Å². The SMILES string of the molecule is CN1CCCC1C[NH]. The van der Waals surface area contributed by atoms with Gasteiger partial charge in [0.1, 0.15) is 0 Å². The van der Waals surface area contributed by atoms with Gasteiger partial charge in [0, 0.05) is 12.6 Å². The van der Waals surface area contributed by atoms with E-state index in [1.54, 1.807) is 0 Å². The van der Waals surface area contributed by atoms with Crippen molar-refractivity contribution in [3.63, 3.8) is 0 Å². The third-order valence-electron chi connectivity index (χ3n) is 1.91. The summed E-state index contributed by atoms with van der Waals surface area (Å²) in [4.78, 5) is 2.27. The number of likely N-dealkylation sites (tertiary alicyclic amines) is 1. The van der Waals surface area contributed by atoms with Crippen molar-refractivity contribution in [3.05, 3.63) is 0 Å². The highest BCUT2D eigenvalue weighted by molar-refractivity contribution is 4.75. The Morgan fingerprint density at radius 2 is 2.50 bits per heavy atom. The van der Waals surface area contributed by atoms with Gasteiger partial charge < -0.3 is 4.90 Å². The molecule has 1 rings (SSSR count). The van der Waals surface area contributed by atoms with Crippen molar-refractivity contribution in [2.75, 3.05) is 20.1 Å². The molecule has 1 heterocycles. The van der Waals surface area contributed by atoms with Gasteiger partial charge >= 0.3 is 0 Å². The summed E-state index contributed by atoms with van der Waals surface area (Å²) in [5, 5.41) is 0. The molecule has 0 aromatic carbocycles. The van der Waals surface area contributed by atoms with E-state index in [1.807, 2.05) is 0 Å². The van der Waals surface area contributed by atoms with Crippen LogP contribution < -0.4 is 5.73 Å². The van der Waals surface area contributed by atoms with Gasteiger partial charge in [-0.25, -0.2) is 0 Å². The average Bonchev–Trinajstić information content (AvgIpc) is 2.14. The normalized spacial score (nSPS) is 31.5. The van der Waals surface area contributed by atoms with Crippen LogP contribution in [0, 0.1) is 0 Å². The van der Waals surface area contributed by atoms with E-state index in [9.17, 15) is 0 Å². The number of hydrogen-bond acceptors (Lipinski definition) is 1. The molecule has 0 aromatic heterocycles. The number of likely N-dealkylation sites (N-methyl/N-ethyl adjacent to an activating group) is 1. The molecule has 0 spiro atoms. The van der Waals surface area contributed by atoms with Crippen LogP contribution in [-0.4, -0.2) is 31.1 Å². The lowest BCUT2D eigenvalue weighted by Gasteiger charge is -2.15. The Bertz CT molecular complexity index is 72.9. The van der Waals surface area contributed by atoms with Gasteiger partial charge in [0.25, 0.3) is 0 Å². The largest absolute Gasteiger partial charge is 0.302 e. The number of hydrogen-bond donors (Lipinski definition) is 0. The van der Waals surface area contributed by atoms with Crippen molar-refractivity contribution in [1.29, 1.82) is 0 Å². The predicted molar refractivity (Wildman–Crippen MR) is 33.6 cm³/mol. The van der Waals surface area contributed by atoms with Crippen LogP contribution in [0.4, 0.5) is 0 Å². The van der Waals surface area contributed by atoms with Gasteiger partial charge in [-0.2, -0.15) is 0 Å². The lowest BCUT2D eigenvalue weighted by molar-refractivity contribution is 0.315. The molecule has 0 amide bonds. The summed E-state index contributed by atoms with van der Waals surface area (Å²) in [6.07, 6.45) is 2.53. The summed E-state index contributed by atoms with van der Waals surface area (Å²) < 4.78 is 0. The van der Waals surface area contributed by atoms with Gasteiger partial charge in [-0.1, -0.05) is 0 Å². The fourth-order valence-electron chi connectivity index (χ4n) is 1.24. The highest BCUT2D eigenvalue weighted by atomic mass is 15.2. The topological polar surface area (TPSA) is 27.0 Å². The third-order valence-corrected chi connectivity index (χ3v) is 1.91. The van der Waals surface area contributed by atoms with Gasteiger partial charge in [-0.3, -0.25) is 5.73 Å². The molecule has 2 nitrogen and oxygen atoms in total. The first-order valence-electron chi connectivity index (χ1n) is 3.19. The van der Waals surface area contributed by atoms with Crippen LogP contribution in [0.25, 0.3) is 0 Å². The zero-order valence-corrected chi connectivity index (χ0v) is 5.35. The van der Waals surface area contributed by atoms with Gasteiger partial charge in [-0.05, 0) is 26.4 Å². The van der Waals surface area contributed by atoms with Crippen LogP contribution in [0.15, 0.2) is 0 Å². The Kier molecular flexibility index (Phi) is 1.86. The van der Waals surface area contributed by atoms with Crippen LogP contribution in [-0.2, 0) is 0 Å². The fourth-order valence-corrected chi connectivity index (χ4v) is 1.24. The fraction of sp³-hybridized carbons (Fsp3) is 1.00. The van der Waals surface area contributed by atoms with Crippen molar-refractivity contribution in [2.45, 2.75) is 18.9 Å². The highest BCUT2D eigenvalue weighted by Gasteiger charge is 2.18. The quantitative estimate of drug-likeness (QED) is 0.482. The van der Waals surface area contributed by atoms with Crippen LogP contribution in [0.1, 0.15) is 12.8 Å². The van der Waals surface area contributed by atoms with Crippen molar-refractivity contribution >= 4 is 0 Å². The zero-order chi connectivity index (χ0) is 5.98. The van der Waals surface area contributed by atoms with E-state index in [4.69, 9.17) is 5.73 Å². The Morgan fingerprint density at radius 1 is 1.75 bits per heavy atom. The number of nitrogens with zero attached hydrogens (tertiary/aromatic N) is 1.